The molecule has 2 nitrogen and oxygen atoms in total. The van der Waals surface area contributed by atoms with Crippen LogP contribution in [0.15, 0.2) is 53.4 Å². The second kappa shape index (κ2) is 7.89. The molecule has 1 atom stereocenters. The topological polar surface area (TPSA) is 15.3 Å². The summed E-state index contributed by atoms with van der Waals surface area (Å²) >= 11 is 1.82. The highest BCUT2D eigenvalue weighted by Gasteiger charge is 2.25. The monoisotopic (exact) mass is 326 g/mol. The lowest BCUT2D eigenvalue weighted by Gasteiger charge is -2.22. The molecule has 0 bridgehead atoms. The highest BCUT2D eigenvalue weighted by Crippen LogP contribution is 2.42. The van der Waals surface area contributed by atoms with Crippen LogP contribution in [0.25, 0.3) is 0 Å². The molecule has 1 unspecified atom stereocenters. The average molecular weight is 327 g/mol. The molecule has 23 heavy (non-hydrogen) atoms. The number of unbranched alkanes of at least 4 members (excludes halogenated alkanes) is 3. The fourth-order valence-electron chi connectivity index (χ4n) is 3.20. The molecular formula is C20H26N2S. The number of anilines is 1. The summed E-state index contributed by atoms with van der Waals surface area (Å²) in [6.07, 6.45) is 5.18. The molecule has 0 radical (unpaired) electrons. The van der Waals surface area contributed by atoms with E-state index in [1.54, 1.807) is 0 Å². The summed E-state index contributed by atoms with van der Waals surface area (Å²) < 4.78 is 2.28. The van der Waals surface area contributed by atoms with Crippen molar-refractivity contribution in [3.05, 3.63) is 59.7 Å². The van der Waals surface area contributed by atoms with Crippen molar-refractivity contribution in [1.29, 1.82) is 0 Å². The number of para-hydroxylation sites is 1. The number of hydrogen-bond donors (Lipinski definition) is 1. The third-order valence-electron chi connectivity index (χ3n) is 4.43. The fourth-order valence-corrected chi connectivity index (χ4v) is 4.19. The van der Waals surface area contributed by atoms with Gasteiger partial charge in [-0.3, -0.25) is 0 Å². The summed E-state index contributed by atoms with van der Waals surface area (Å²) in [4.78, 5) is 1.34. The van der Waals surface area contributed by atoms with Gasteiger partial charge in [-0.15, -0.1) is 0 Å². The maximum atomic E-state index is 3.81. The molecule has 0 aromatic heterocycles. The lowest BCUT2D eigenvalue weighted by atomic mass is 9.96. The Morgan fingerprint density at radius 2 is 1.70 bits per heavy atom. The Labute approximate surface area is 144 Å². The number of rotatable bonds is 6. The zero-order chi connectivity index (χ0) is 16.1. The summed E-state index contributed by atoms with van der Waals surface area (Å²) in [6, 6.07) is 17.8. The highest BCUT2D eigenvalue weighted by molar-refractivity contribution is 8.00. The van der Waals surface area contributed by atoms with E-state index in [0.29, 0.717) is 0 Å². The Morgan fingerprint density at radius 3 is 2.52 bits per heavy atom. The Hall–Kier alpha value is -1.45. The molecule has 1 heterocycles. The van der Waals surface area contributed by atoms with Crippen molar-refractivity contribution in [2.75, 3.05) is 17.9 Å². The number of hydrogen-bond acceptors (Lipinski definition) is 3. The van der Waals surface area contributed by atoms with Gasteiger partial charge in [0, 0.05) is 11.9 Å². The first-order valence-electron chi connectivity index (χ1n) is 8.64. The second-order valence-electron chi connectivity index (χ2n) is 6.13. The van der Waals surface area contributed by atoms with Gasteiger partial charge in [-0.25, -0.2) is 0 Å². The van der Waals surface area contributed by atoms with Crippen molar-refractivity contribution in [3.8, 4) is 0 Å². The number of nitrogens with zero attached hydrogens (tertiary/aromatic N) is 1. The van der Waals surface area contributed by atoms with Gasteiger partial charge in [0.05, 0.1) is 11.7 Å². The minimum Gasteiger partial charge on any atom is -0.315 e. The maximum absolute atomic E-state index is 3.81. The van der Waals surface area contributed by atoms with Crippen LogP contribution in [0.2, 0.25) is 0 Å². The largest absolute Gasteiger partial charge is 0.315 e. The van der Waals surface area contributed by atoms with Gasteiger partial charge in [-0.2, -0.15) is 0 Å². The van der Waals surface area contributed by atoms with Crippen molar-refractivity contribution in [1.82, 2.24) is 5.32 Å². The first-order valence-corrected chi connectivity index (χ1v) is 9.41. The van der Waals surface area contributed by atoms with Gasteiger partial charge in [0.1, 0.15) is 0 Å². The van der Waals surface area contributed by atoms with Gasteiger partial charge in [0.15, 0.2) is 0 Å². The van der Waals surface area contributed by atoms with Gasteiger partial charge >= 0.3 is 0 Å². The van der Waals surface area contributed by atoms with Gasteiger partial charge < -0.3 is 9.62 Å². The van der Waals surface area contributed by atoms with Crippen molar-refractivity contribution in [2.24, 2.45) is 0 Å². The van der Waals surface area contributed by atoms with E-state index in [1.807, 2.05) is 11.9 Å². The van der Waals surface area contributed by atoms with Crippen molar-refractivity contribution in [2.45, 2.75) is 43.5 Å². The molecule has 3 rings (SSSR count). The molecule has 1 aliphatic rings. The number of fused-ring (bicyclic) bond motifs is 2. The quantitative estimate of drug-likeness (QED) is 0.565. The molecule has 2 aromatic carbocycles. The molecule has 3 heteroatoms. The SMILES string of the molecule is CCCCCCNC1c2ccccc2SN(C)c2ccccc21. The summed E-state index contributed by atoms with van der Waals surface area (Å²) in [5.74, 6) is 0. The summed E-state index contributed by atoms with van der Waals surface area (Å²) in [7, 11) is 2.16. The van der Waals surface area contributed by atoms with Crippen LogP contribution in [-0.4, -0.2) is 13.6 Å². The van der Waals surface area contributed by atoms with Gasteiger partial charge in [0.25, 0.3) is 0 Å². The Bertz CT molecular complexity index is 641. The normalized spacial score (nSPS) is 16.6. The lowest BCUT2D eigenvalue weighted by molar-refractivity contribution is 0.553. The second-order valence-corrected chi connectivity index (χ2v) is 7.30. The van der Waals surface area contributed by atoms with Gasteiger partial charge in [-0.05, 0) is 48.2 Å². The van der Waals surface area contributed by atoms with E-state index in [1.165, 1.54) is 47.4 Å². The third kappa shape index (κ3) is 3.73. The molecule has 2 aromatic rings. The van der Waals surface area contributed by atoms with E-state index in [9.17, 15) is 0 Å². The van der Waals surface area contributed by atoms with E-state index in [2.05, 4.69) is 72.1 Å². The first kappa shape index (κ1) is 16.4. The third-order valence-corrected chi connectivity index (χ3v) is 5.47. The Kier molecular flexibility index (Phi) is 5.63. The molecule has 0 saturated heterocycles. The highest BCUT2D eigenvalue weighted by atomic mass is 32.2. The predicted molar refractivity (Wildman–Crippen MR) is 101 cm³/mol. The van der Waals surface area contributed by atoms with Crippen LogP contribution in [0.5, 0.6) is 0 Å². The molecule has 0 amide bonds. The fraction of sp³-hybridized carbons (Fsp3) is 0.400. The first-order chi connectivity index (χ1) is 11.3. The Morgan fingerprint density at radius 1 is 0.957 bits per heavy atom. The van der Waals surface area contributed by atoms with Crippen LogP contribution in [-0.2, 0) is 0 Å². The van der Waals surface area contributed by atoms with E-state index in [-0.39, 0.29) is 6.04 Å². The molecule has 122 valence electrons. The van der Waals surface area contributed by atoms with Gasteiger partial charge in [-0.1, -0.05) is 62.6 Å². The number of nitrogens with one attached hydrogen (secondary N) is 1. The zero-order valence-corrected chi connectivity index (χ0v) is 14.9. The lowest BCUT2D eigenvalue weighted by Crippen LogP contribution is -2.24. The van der Waals surface area contributed by atoms with Crippen LogP contribution in [0.3, 0.4) is 0 Å². The van der Waals surface area contributed by atoms with Crippen molar-refractivity contribution >= 4 is 17.6 Å². The predicted octanol–water partition coefficient (Wildman–Crippen LogP) is 5.40. The van der Waals surface area contributed by atoms with E-state index < -0.39 is 0 Å². The average Bonchev–Trinajstić information content (AvgIpc) is 2.70. The van der Waals surface area contributed by atoms with E-state index >= 15 is 0 Å². The minimum atomic E-state index is 0.279. The van der Waals surface area contributed by atoms with Crippen LogP contribution >= 0.6 is 11.9 Å². The van der Waals surface area contributed by atoms with Crippen LogP contribution in [0.4, 0.5) is 5.69 Å². The standard InChI is InChI=1S/C20H26N2S/c1-3-4-5-10-15-21-20-16-11-6-8-13-18(16)22(2)23-19-14-9-7-12-17(19)20/h6-9,11-14,20-21H,3-5,10,15H2,1-2H3. The summed E-state index contributed by atoms with van der Waals surface area (Å²) in [6.45, 7) is 3.33. The summed E-state index contributed by atoms with van der Waals surface area (Å²) in [5.41, 5.74) is 4.08. The number of benzene rings is 2. The van der Waals surface area contributed by atoms with Crippen LogP contribution < -0.4 is 9.62 Å². The molecule has 0 saturated carbocycles. The van der Waals surface area contributed by atoms with Gasteiger partial charge in [0.2, 0.25) is 0 Å². The van der Waals surface area contributed by atoms with Crippen molar-refractivity contribution in [3.63, 3.8) is 0 Å². The smallest absolute Gasteiger partial charge is 0.0609 e. The summed E-state index contributed by atoms with van der Waals surface area (Å²) in [5, 5.41) is 3.81. The molecule has 1 aliphatic heterocycles. The van der Waals surface area contributed by atoms with Crippen molar-refractivity contribution < 1.29 is 0 Å². The van der Waals surface area contributed by atoms with Crippen LogP contribution in [0.1, 0.15) is 49.8 Å². The molecule has 0 aliphatic carbocycles. The maximum Gasteiger partial charge on any atom is 0.0609 e. The molecule has 1 N–H and O–H groups in total. The molecular weight excluding hydrogens is 300 g/mol. The molecule has 0 fully saturated rings. The van der Waals surface area contributed by atoms with Crippen LogP contribution in [0, 0.1) is 0 Å². The Balaban J connectivity index is 1.88. The van der Waals surface area contributed by atoms with E-state index in [4.69, 9.17) is 0 Å². The molecule has 0 spiro atoms. The zero-order valence-electron chi connectivity index (χ0n) is 14.1. The minimum absolute atomic E-state index is 0.279. The van der Waals surface area contributed by atoms with E-state index in [0.717, 1.165) is 6.54 Å².